The van der Waals surface area contributed by atoms with Crippen LogP contribution in [0.5, 0.6) is 0 Å². The second-order valence-corrected chi connectivity index (χ2v) is 10.8. The predicted octanol–water partition coefficient (Wildman–Crippen LogP) is 3.73. The van der Waals surface area contributed by atoms with Gasteiger partial charge in [0.05, 0.1) is 23.7 Å². The van der Waals surface area contributed by atoms with Crippen molar-refractivity contribution in [2.24, 2.45) is 5.92 Å². The number of fused-ring (bicyclic) bond motifs is 1. The van der Waals surface area contributed by atoms with Gasteiger partial charge in [-0.2, -0.15) is 18.3 Å². The molecule has 4 aromatic rings. The molecule has 2 saturated heterocycles. The molecule has 2 fully saturated rings. The number of carbonyl (C=O) groups is 2. The van der Waals surface area contributed by atoms with Crippen LogP contribution < -0.4 is 10.6 Å². The lowest BCUT2D eigenvalue weighted by Crippen LogP contribution is -2.52. The number of halogens is 3. The van der Waals surface area contributed by atoms with E-state index in [2.05, 4.69) is 25.7 Å². The number of hydrogen-bond acceptors (Lipinski definition) is 7. The third-order valence-corrected chi connectivity index (χ3v) is 8.17. The van der Waals surface area contributed by atoms with E-state index in [1.54, 1.807) is 17.0 Å². The summed E-state index contributed by atoms with van der Waals surface area (Å²) in [5.74, 6) is 0.529. The summed E-state index contributed by atoms with van der Waals surface area (Å²) in [5, 5.41) is 12.1. The quantitative estimate of drug-likeness (QED) is 0.311. The van der Waals surface area contributed by atoms with Crippen LogP contribution in [0, 0.1) is 5.92 Å². The van der Waals surface area contributed by atoms with Crippen LogP contribution in [0.25, 0.3) is 16.9 Å². The van der Waals surface area contributed by atoms with E-state index >= 15 is 0 Å². The molecule has 226 valence electrons. The fourth-order valence-electron chi connectivity index (χ4n) is 5.84. The van der Waals surface area contributed by atoms with Crippen LogP contribution >= 0.6 is 0 Å². The first kappa shape index (κ1) is 28.6. The Morgan fingerprint density at radius 2 is 1.79 bits per heavy atom. The third-order valence-electron chi connectivity index (χ3n) is 8.17. The number of aryl methyl sites for hydroxylation is 1. The smallest absolute Gasteiger partial charge is 0.339 e. The van der Waals surface area contributed by atoms with Gasteiger partial charge in [-0.3, -0.25) is 19.1 Å². The number of hydrogen-bond donors (Lipinski definition) is 3. The molecule has 3 aromatic heterocycles. The molecular formula is C29H32F3N9O2. The number of alkyl halides is 3. The molecule has 2 amide bonds. The molecule has 0 bridgehead atoms. The summed E-state index contributed by atoms with van der Waals surface area (Å²) in [7, 11) is 0. The van der Waals surface area contributed by atoms with Crippen molar-refractivity contribution in [2.45, 2.75) is 32.4 Å². The summed E-state index contributed by atoms with van der Waals surface area (Å²) >= 11 is 0. The van der Waals surface area contributed by atoms with Crippen molar-refractivity contribution >= 4 is 29.0 Å². The number of aromatic amines is 1. The zero-order valence-corrected chi connectivity index (χ0v) is 23.6. The highest BCUT2D eigenvalue weighted by atomic mass is 19.4. The lowest BCUT2D eigenvalue weighted by molar-refractivity contribution is -0.140. The molecule has 0 radical (unpaired) electrons. The SMILES string of the molecule is CCc1cc(Nc2nccn3c(-c4cn[nH]c4C(F)(F)F)cnc23)ccc1C(=O)N1CCN(C(=O)C2CCNCC2)CC1. The summed E-state index contributed by atoms with van der Waals surface area (Å²) < 4.78 is 41.9. The summed E-state index contributed by atoms with van der Waals surface area (Å²) in [5.41, 5.74) is 1.58. The fourth-order valence-corrected chi connectivity index (χ4v) is 5.84. The van der Waals surface area contributed by atoms with Crippen LogP contribution in [0.4, 0.5) is 24.7 Å². The summed E-state index contributed by atoms with van der Waals surface area (Å²) in [6, 6.07) is 5.42. The molecule has 0 aliphatic carbocycles. The van der Waals surface area contributed by atoms with Crippen molar-refractivity contribution < 1.29 is 22.8 Å². The first-order valence-electron chi connectivity index (χ1n) is 14.4. The van der Waals surface area contributed by atoms with E-state index in [0.717, 1.165) is 37.7 Å². The Labute approximate surface area is 245 Å². The van der Waals surface area contributed by atoms with Gasteiger partial charge in [0.15, 0.2) is 11.5 Å². The van der Waals surface area contributed by atoms with Gasteiger partial charge < -0.3 is 20.4 Å². The van der Waals surface area contributed by atoms with Gasteiger partial charge in [-0.1, -0.05) is 6.92 Å². The lowest BCUT2D eigenvalue weighted by atomic mass is 9.96. The summed E-state index contributed by atoms with van der Waals surface area (Å²) in [6.45, 7) is 5.72. The minimum Gasteiger partial charge on any atom is -0.339 e. The summed E-state index contributed by atoms with van der Waals surface area (Å²) in [4.78, 5) is 38.8. The van der Waals surface area contributed by atoms with Gasteiger partial charge >= 0.3 is 6.18 Å². The molecule has 0 atom stereocenters. The van der Waals surface area contributed by atoms with E-state index in [4.69, 9.17) is 0 Å². The molecule has 0 spiro atoms. The highest BCUT2D eigenvalue weighted by Crippen LogP contribution is 2.36. The molecule has 14 heteroatoms. The normalized spacial score (nSPS) is 16.6. The number of H-pyrrole nitrogens is 1. The summed E-state index contributed by atoms with van der Waals surface area (Å²) in [6.07, 6.45) is 3.20. The van der Waals surface area contributed by atoms with Crippen LogP contribution in [0.2, 0.25) is 0 Å². The maximum absolute atomic E-state index is 13.5. The minimum atomic E-state index is -4.60. The van der Waals surface area contributed by atoms with Crippen LogP contribution in [0.1, 0.15) is 41.4 Å². The standard InChI is InChI=1S/C29H32F3N9O2/c1-2-18-15-20(3-4-21(18)28(43)40-13-11-39(12-14-40)27(42)19-5-7-33-8-6-19)37-25-26-35-17-23(41(26)10-9-34-25)22-16-36-38-24(22)29(30,31)32/h3-4,9-10,15-17,19,33H,2,5-8,11-14H2,1H3,(H,34,37)(H,36,38). The number of amides is 2. The number of piperazine rings is 1. The molecule has 2 aliphatic rings. The molecule has 11 nitrogen and oxygen atoms in total. The largest absolute Gasteiger partial charge is 0.433 e. The van der Waals surface area contributed by atoms with Gasteiger partial charge in [-0.15, -0.1) is 0 Å². The van der Waals surface area contributed by atoms with Crippen LogP contribution in [-0.2, 0) is 17.4 Å². The van der Waals surface area contributed by atoms with Gasteiger partial charge in [0, 0.05) is 55.7 Å². The van der Waals surface area contributed by atoms with E-state index in [1.165, 1.54) is 23.0 Å². The van der Waals surface area contributed by atoms with E-state index in [9.17, 15) is 22.8 Å². The monoisotopic (exact) mass is 595 g/mol. The van der Waals surface area contributed by atoms with E-state index in [1.807, 2.05) is 23.0 Å². The highest BCUT2D eigenvalue weighted by molar-refractivity contribution is 5.96. The van der Waals surface area contributed by atoms with Crippen molar-refractivity contribution in [2.75, 3.05) is 44.6 Å². The average Bonchev–Trinajstić information content (AvgIpc) is 3.69. The molecule has 0 unspecified atom stereocenters. The average molecular weight is 596 g/mol. The molecule has 43 heavy (non-hydrogen) atoms. The van der Waals surface area contributed by atoms with Gasteiger partial charge in [0.1, 0.15) is 5.69 Å². The third kappa shape index (κ3) is 5.66. The van der Waals surface area contributed by atoms with Crippen molar-refractivity contribution in [3.8, 4) is 11.3 Å². The molecule has 2 aliphatic heterocycles. The Bertz CT molecular complexity index is 1630. The molecule has 0 saturated carbocycles. The molecule has 1 aromatic carbocycles. The van der Waals surface area contributed by atoms with Crippen LogP contribution in [0.3, 0.4) is 0 Å². The number of piperidine rings is 1. The Hall–Kier alpha value is -4.46. The van der Waals surface area contributed by atoms with Crippen LogP contribution in [0.15, 0.2) is 43.0 Å². The zero-order chi connectivity index (χ0) is 30.1. The maximum Gasteiger partial charge on any atom is 0.433 e. The zero-order valence-electron chi connectivity index (χ0n) is 23.6. The number of rotatable bonds is 6. The lowest BCUT2D eigenvalue weighted by Gasteiger charge is -2.37. The molecule has 3 N–H and O–H groups in total. The number of anilines is 2. The van der Waals surface area contributed by atoms with Gasteiger partial charge in [-0.05, 0) is 56.1 Å². The van der Waals surface area contributed by atoms with Crippen molar-refractivity contribution in [1.29, 1.82) is 0 Å². The highest BCUT2D eigenvalue weighted by Gasteiger charge is 2.37. The van der Waals surface area contributed by atoms with Crippen LogP contribution in [-0.4, -0.2) is 85.4 Å². The predicted molar refractivity (Wildman–Crippen MR) is 153 cm³/mol. The maximum atomic E-state index is 13.5. The number of imidazole rings is 1. The fraction of sp³-hybridized carbons (Fsp3) is 0.414. The van der Waals surface area contributed by atoms with Gasteiger partial charge in [0.25, 0.3) is 5.91 Å². The Morgan fingerprint density at radius 3 is 2.51 bits per heavy atom. The van der Waals surface area contributed by atoms with Crippen molar-refractivity contribution in [3.63, 3.8) is 0 Å². The minimum absolute atomic E-state index is 0.0622. The topological polar surface area (TPSA) is 124 Å². The van der Waals surface area contributed by atoms with Gasteiger partial charge in [-0.25, -0.2) is 9.97 Å². The van der Waals surface area contributed by atoms with Crippen molar-refractivity contribution in [3.05, 3.63) is 59.8 Å². The Morgan fingerprint density at radius 1 is 1.05 bits per heavy atom. The first-order chi connectivity index (χ1) is 20.7. The van der Waals surface area contributed by atoms with Crippen molar-refractivity contribution in [1.82, 2.24) is 39.7 Å². The van der Waals surface area contributed by atoms with Gasteiger partial charge in [0.2, 0.25) is 5.91 Å². The number of benzene rings is 1. The Balaban J connectivity index is 1.17. The van der Waals surface area contributed by atoms with E-state index < -0.39 is 11.9 Å². The van der Waals surface area contributed by atoms with E-state index in [0.29, 0.717) is 55.3 Å². The molecular weight excluding hydrogens is 563 g/mol. The Kier molecular flexibility index (Phi) is 7.77. The second-order valence-electron chi connectivity index (χ2n) is 10.8. The first-order valence-corrected chi connectivity index (χ1v) is 14.4. The number of carbonyl (C=O) groups excluding carboxylic acids is 2. The number of nitrogens with zero attached hydrogens (tertiary/aromatic N) is 6. The molecule has 6 rings (SSSR count). The second kappa shape index (κ2) is 11.7. The number of aromatic nitrogens is 5. The van der Waals surface area contributed by atoms with E-state index in [-0.39, 0.29) is 29.0 Å². The number of nitrogens with one attached hydrogen (secondary N) is 3. The molecule has 5 heterocycles.